The van der Waals surface area contributed by atoms with Crippen LogP contribution in [0.3, 0.4) is 0 Å². The van der Waals surface area contributed by atoms with Crippen LogP contribution in [0.4, 0.5) is 0 Å². The lowest BCUT2D eigenvalue weighted by molar-refractivity contribution is 0.605. The van der Waals surface area contributed by atoms with Crippen LogP contribution >= 0.6 is 11.3 Å². The van der Waals surface area contributed by atoms with E-state index in [1.54, 1.807) is 0 Å². The van der Waals surface area contributed by atoms with Crippen LogP contribution in [0.1, 0.15) is 35.9 Å². The van der Waals surface area contributed by atoms with Gasteiger partial charge in [0.05, 0.1) is 0 Å². The van der Waals surface area contributed by atoms with Crippen molar-refractivity contribution in [2.75, 3.05) is 6.54 Å². The standard InChI is InChI=1S/C14H19NS/c1-5-15-11(4)14-10(3)12-8-6-7-9(2)13(12)16-14/h6-8,11,15H,5H2,1-4H3. The van der Waals surface area contributed by atoms with Crippen molar-refractivity contribution in [1.82, 2.24) is 5.32 Å². The van der Waals surface area contributed by atoms with Crippen LogP contribution in [-0.2, 0) is 0 Å². The Labute approximate surface area is 101 Å². The van der Waals surface area contributed by atoms with Crippen LogP contribution in [0, 0.1) is 13.8 Å². The Morgan fingerprint density at radius 3 is 2.69 bits per heavy atom. The van der Waals surface area contributed by atoms with Gasteiger partial charge in [0.2, 0.25) is 0 Å². The number of benzene rings is 1. The molecule has 1 aromatic heterocycles. The van der Waals surface area contributed by atoms with Gasteiger partial charge in [-0.2, -0.15) is 0 Å². The normalized spacial score (nSPS) is 13.2. The maximum absolute atomic E-state index is 3.49. The zero-order chi connectivity index (χ0) is 11.7. The lowest BCUT2D eigenvalue weighted by Crippen LogP contribution is -2.17. The van der Waals surface area contributed by atoms with E-state index < -0.39 is 0 Å². The Bertz CT molecular complexity index is 499. The minimum absolute atomic E-state index is 0.460. The maximum Gasteiger partial charge on any atom is 0.0389 e. The van der Waals surface area contributed by atoms with Gasteiger partial charge in [-0.25, -0.2) is 0 Å². The first kappa shape index (κ1) is 11.6. The van der Waals surface area contributed by atoms with E-state index in [0.29, 0.717) is 6.04 Å². The number of fused-ring (bicyclic) bond motifs is 1. The summed E-state index contributed by atoms with van der Waals surface area (Å²) in [5, 5.41) is 4.91. The molecule has 1 unspecified atom stereocenters. The molecule has 0 aliphatic rings. The van der Waals surface area contributed by atoms with Gasteiger partial charge < -0.3 is 5.32 Å². The van der Waals surface area contributed by atoms with Crippen LogP contribution < -0.4 is 5.32 Å². The third-order valence-electron chi connectivity index (χ3n) is 3.10. The molecular formula is C14H19NS. The summed E-state index contributed by atoms with van der Waals surface area (Å²) in [4.78, 5) is 1.48. The summed E-state index contributed by atoms with van der Waals surface area (Å²) in [5.41, 5.74) is 2.83. The Morgan fingerprint density at radius 1 is 1.31 bits per heavy atom. The molecule has 1 heterocycles. The smallest absolute Gasteiger partial charge is 0.0389 e. The van der Waals surface area contributed by atoms with Gasteiger partial charge in [-0.05, 0) is 43.8 Å². The van der Waals surface area contributed by atoms with Crippen molar-refractivity contribution < 1.29 is 0 Å². The van der Waals surface area contributed by atoms with Crippen LogP contribution in [0.15, 0.2) is 18.2 Å². The fraction of sp³-hybridized carbons (Fsp3) is 0.429. The summed E-state index contributed by atoms with van der Waals surface area (Å²) in [6.45, 7) is 9.86. The first-order chi connectivity index (χ1) is 7.65. The first-order valence-corrected chi connectivity index (χ1v) is 6.68. The fourth-order valence-electron chi connectivity index (χ4n) is 2.21. The van der Waals surface area contributed by atoms with Crippen LogP contribution in [0.5, 0.6) is 0 Å². The van der Waals surface area contributed by atoms with E-state index in [1.807, 2.05) is 11.3 Å². The average Bonchev–Trinajstić information content (AvgIpc) is 2.59. The summed E-state index contributed by atoms with van der Waals surface area (Å²) in [5.74, 6) is 0. The van der Waals surface area contributed by atoms with Gasteiger partial charge in [0.25, 0.3) is 0 Å². The van der Waals surface area contributed by atoms with E-state index in [9.17, 15) is 0 Å². The van der Waals surface area contributed by atoms with Gasteiger partial charge in [-0.3, -0.25) is 0 Å². The second kappa shape index (κ2) is 4.56. The highest BCUT2D eigenvalue weighted by molar-refractivity contribution is 7.19. The maximum atomic E-state index is 3.49. The Hall–Kier alpha value is -0.860. The molecule has 0 amide bonds. The summed E-state index contributed by atoms with van der Waals surface area (Å²) in [6, 6.07) is 7.04. The molecule has 86 valence electrons. The lowest BCUT2D eigenvalue weighted by Gasteiger charge is -2.11. The summed E-state index contributed by atoms with van der Waals surface area (Å²) < 4.78 is 1.44. The minimum atomic E-state index is 0.460. The summed E-state index contributed by atoms with van der Waals surface area (Å²) >= 11 is 1.94. The van der Waals surface area contributed by atoms with Gasteiger partial charge in [0.15, 0.2) is 0 Å². The summed E-state index contributed by atoms with van der Waals surface area (Å²) in [7, 11) is 0. The third kappa shape index (κ3) is 1.87. The molecule has 1 aromatic carbocycles. The fourth-order valence-corrected chi connectivity index (χ4v) is 3.52. The molecule has 16 heavy (non-hydrogen) atoms. The van der Waals surface area contributed by atoms with Gasteiger partial charge >= 0.3 is 0 Å². The molecule has 0 saturated heterocycles. The highest BCUT2D eigenvalue weighted by Gasteiger charge is 2.14. The van der Waals surface area contributed by atoms with Gasteiger partial charge in [-0.15, -0.1) is 11.3 Å². The monoisotopic (exact) mass is 233 g/mol. The van der Waals surface area contributed by atoms with Crippen molar-refractivity contribution in [2.24, 2.45) is 0 Å². The number of hydrogen-bond acceptors (Lipinski definition) is 2. The van der Waals surface area contributed by atoms with Crippen LogP contribution in [0.25, 0.3) is 10.1 Å². The van der Waals surface area contributed by atoms with Crippen molar-refractivity contribution in [3.63, 3.8) is 0 Å². The highest BCUT2D eigenvalue weighted by Crippen LogP contribution is 2.36. The van der Waals surface area contributed by atoms with E-state index in [2.05, 4.69) is 51.2 Å². The van der Waals surface area contributed by atoms with Crippen molar-refractivity contribution >= 4 is 21.4 Å². The molecular weight excluding hydrogens is 214 g/mol. The molecule has 0 aliphatic heterocycles. The van der Waals surface area contributed by atoms with Crippen molar-refractivity contribution in [1.29, 1.82) is 0 Å². The first-order valence-electron chi connectivity index (χ1n) is 5.87. The van der Waals surface area contributed by atoms with Crippen molar-refractivity contribution in [3.8, 4) is 0 Å². The second-order valence-corrected chi connectivity index (χ2v) is 5.37. The molecule has 0 fully saturated rings. The molecule has 0 aliphatic carbocycles. The third-order valence-corrected chi connectivity index (χ3v) is 4.73. The average molecular weight is 233 g/mol. The predicted molar refractivity (Wildman–Crippen MR) is 73.4 cm³/mol. The Balaban J connectivity index is 2.55. The SMILES string of the molecule is CCNC(C)c1sc2c(C)cccc2c1C. The number of hydrogen-bond donors (Lipinski definition) is 1. The van der Waals surface area contributed by atoms with E-state index in [-0.39, 0.29) is 0 Å². The van der Waals surface area contributed by atoms with Gasteiger partial charge in [-0.1, -0.05) is 25.1 Å². The Morgan fingerprint density at radius 2 is 2.06 bits per heavy atom. The molecule has 0 saturated carbocycles. The molecule has 1 atom stereocenters. The summed E-state index contributed by atoms with van der Waals surface area (Å²) in [6.07, 6.45) is 0. The van der Waals surface area contributed by atoms with Crippen molar-refractivity contribution in [3.05, 3.63) is 34.2 Å². The molecule has 2 rings (SSSR count). The van der Waals surface area contributed by atoms with Gasteiger partial charge in [0.1, 0.15) is 0 Å². The van der Waals surface area contributed by atoms with Gasteiger partial charge in [0, 0.05) is 15.6 Å². The predicted octanol–water partition coefficient (Wildman–Crippen LogP) is 4.19. The minimum Gasteiger partial charge on any atom is -0.310 e. The molecule has 0 radical (unpaired) electrons. The van der Waals surface area contributed by atoms with Crippen LogP contribution in [-0.4, -0.2) is 6.54 Å². The second-order valence-electron chi connectivity index (χ2n) is 4.32. The molecule has 1 nitrogen and oxygen atoms in total. The number of thiophene rings is 1. The largest absolute Gasteiger partial charge is 0.310 e. The van der Waals surface area contributed by atoms with E-state index in [0.717, 1.165) is 6.54 Å². The molecule has 0 bridgehead atoms. The van der Waals surface area contributed by atoms with E-state index >= 15 is 0 Å². The van der Waals surface area contributed by atoms with E-state index in [4.69, 9.17) is 0 Å². The quantitative estimate of drug-likeness (QED) is 0.838. The number of rotatable bonds is 3. The lowest BCUT2D eigenvalue weighted by atomic mass is 10.1. The molecule has 1 N–H and O–H groups in total. The zero-order valence-corrected chi connectivity index (χ0v) is 11.2. The highest BCUT2D eigenvalue weighted by atomic mass is 32.1. The molecule has 2 heteroatoms. The van der Waals surface area contributed by atoms with Crippen molar-refractivity contribution in [2.45, 2.75) is 33.7 Å². The van der Waals surface area contributed by atoms with E-state index in [1.165, 1.54) is 26.1 Å². The number of nitrogens with one attached hydrogen (secondary N) is 1. The number of aryl methyl sites for hydroxylation is 2. The zero-order valence-electron chi connectivity index (χ0n) is 10.4. The molecule has 2 aromatic rings. The molecule has 0 spiro atoms. The Kier molecular flexibility index (Phi) is 3.31. The van der Waals surface area contributed by atoms with Crippen LogP contribution in [0.2, 0.25) is 0 Å². The topological polar surface area (TPSA) is 12.0 Å².